The molecule has 100 valence electrons. The van der Waals surface area contributed by atoms with Crippen LogP contribution in [0, 0.1) is 0 Å². The Labute approximate surface area is 118 Å². The first-order valence-corrected chi connectivity index (χ1v) is 6.33. The van der Waals surface area contributed by atoms with Crippen molar-refractivity contribution in [2.24, 2.45) is 5.73 Å². The number of carbonyl (C=O) groups is 1. The lowest BCUT2D eigenvalue weighted by molar-refractivity contribution is -0.130. The number of benzene rings is 1. The first kappa shape index (κ1) is 15.5. The van der Waals surface area contributed by atoms with Gasteiger partial charge < -0.3 is 5.73 Å². The number of rotatable bonds is 4. The fraction of sp³-hybridized carbons (Fsp3) is 0.300. The van der Waals surface area contributed by atoms with Crippen molar-refractivity contribution in [2.45, 2.75) is 12.2 Å². The number of alkyl halides is 3. The minimum atomic E-state index is -4.40. The molecule has 18 heavy (non-hydrogen) atoms. The molecule has 0 heterocycles. The molecule has 1 amide bonds. The van der Waals surface area contributed by atoms with E-state index in [2.05, 4.69) is 37.2 Å². The van der Waals surface area contributed by atoms with Gasteiger partial charge in [0.2, 0.25) is 5.91 Å². The van der Waals surface area contributed by atoms with Crippen LogP contribution in [0.1, 0.15) is 11.6 Å². The van der Waals surface area contributed by atoms with Crippen molar-refractivity contribution in [1.29, 1.82) is 0 Å². The van der Waals surface area contributed by atoms with E-state index in [9.17, 15) is 18.0 Å². The highest BCUT2D eigenvalue weighted by Gasteiger charge is 2.30. The van der Waals surface area contributed by atoms with Crippen LogP contribution in [-0.4, -0.2) is 18.6 Å². The first-order valence-electron chi connectivity index (χ1n) is 4.75. The Bertz CT molecular complexity index is 451. The molecule has 1 aromatic rings. The molecule has 0 aromatic heterocycles. The predicted molar refractivity (Wildman–Crippen MR) is 67.8 cm³/mol. The summed E-state index contributed by atoms with van der Waals surface area (Å²) in [6.07, 6.45) is -4.40. The number of hydrogen-bond acceptors (Lipinski definition) is 2. The van der Waals surface area contributed by atoms with Crippen molar-refractivity contribution in [3.05, 3.63) is 32.7 Å². The number of nitrogens with two attached hydrogens (primary N) is 1. The second kappa shape index (κ2) is 6.03. The van der Waals surface area contributed by atoms with Gasteiger partial charge in [-0.2, -0.15) is 13.2 Å². The fourth-order valence-electron chi connectivity index (χ4n) is 1.29. The monoisotopic (exact) mass is 388 g/mol. The third-order valence-electron chi connectivity index (χ3n) is 2.07. The van der Waals surface area contributed by atoms with Gasteiger partial charge in [0.15, 0.2) is 0 Å². The molecular weight excluding hydrogens is 381 g/mol. The summed E-state index contributed by atoms with van der Waals surface area (Å²) in [4.78, 5) is 11.2. The molecule has 0 spiro atoms. The highest BCUT2D eigenvalue weighted by Crippen LogP contribution is 2.27. The number of amides is 1. The highest BCUT2D eigenvalue weighted by atomic mass is 79.9. The van der Waals surface area contributed by atoms with Crippen molar-refractivity contribution < 1.29 is 18.0 Å². The summed E-state index contributed by atoms with van der Waals surface area (Å²) in [6.45, 7) is -1.28. The largest absolute Gasteiger partial charge is 0.401 e. The summed E-state index contributed by atoms with van der Waals surface area (Å²) in [6, 6.07) is 3.48. The maximum Gasteiger partial charge on any atom is 0.401 e. The molecule has 0 bridgehead atoms. The number of nitrogens with one attached hydrogen (secondary N) is 1. The Hall–Kier alpha value is -0.600. The molecule has 0 radical (unpaired) electrons. The molecule has 0 saturated carbocycles. The van der Waals surface area contributed by atoms with Crippen molar-refractivity contribution >= 4 is 37.8 Å². The first-order chi connectivity index (χ1) is 8.20. The number of halogens is 5. The van der Waals surface area contributed by atoms with Crippen LogP contribution < -0.4 is 11.1 Å². The lowest BCUT2D eigenvalue weighted by atomic mass is 10.1. The quantitative estimate of drug-likeness (QED) is 0.831. The SMILES string of the molecule is NC(=O)C(NCC(F)(F)F)c1ccc(Br)c(Br)c1. The van der Waals surface area contributed by atoms with Crippen molar-refractivity contribution in [2.75, 3.05) is 6.54 Å². The van der Waals surface area contributed by atoms with Crippen LogP contribution in [0.2, 0.25) is 0 Å². The van der Waals surface area contributed by atoms with Gasteiger partial charge in [-0.05, 0) is 49.6 Å². The summed E-state index contributed by atoms with van der Waals surface area (Å²) in [5, 5.41) is 2.09. The number of primary amides is 1. The second-order valence-electron chi connectivity index (χ2n) is 3.51. The normalized spacial score (nSPS) is 13.4. The van der Waals surface area contributed by atoms with Crippen LogP contribution in [-0.2, 0) is 4.79 Å². The van der Waals surface area contributed by atoms with E-state index in [1.54, 1.807) is 6.07 Å². The molecule has 8 heteroatoms. The van der Waals surface area contributed by atoms with Gasteiger partial charge in [-0.3, -0.25) is 10.1 Å². The van der Waals surface area contributed by atoms with Crippen LogP contribution >= 0.6 is 31.9 Å². The van der Waals surface area contributed by atoms with Crippen molar-refractivity contribution in [3.63, 3.8) is 0 Å². The van der Waals surface area contributed by atoms with Gasteiger partial charge in [0, 0.05) is 8.95 Å². The molecule has 0 aliphatic carbocycles. The van der Waals surface area contributed by atoms with Crippen LogP contribution in [0.15, 0.2) is 27.1 Å². The van der Waals surface area contributed by atoms with Crippen molar-refractivity contribution in [3.8, 4) is 0 Å². The minimum absolute atomic E-state index is 0.363. The molecular formula is C10H9Br2F3N2O. The summed E-state index contributed by atoms with van der Waals surface area (Å²) >= 11 is 6.43. The summed E-state index contributed by atoms with van der Waals surface area (Å²) in [5.74, 6) is -0.867. The standard InChI is InChI=1S/C10H9Br2F3N2O/c11-6-2-1-5(3-7(6)12)8(9(16)18)17-4-10(13,14)15/h1-3,8,17H,4H2,(H2,16,18). The topological polar surface area (TPSA) is 55.1 Å². The number of hydrogen-bond donors (Lipinski definition) is 2. The van der Waals surface area contributed by atoms with Crippen LogP contribution in [0.4, 0.5) is 13.2 Å². The summed E-state index contributed by atoms with van der Waals surface area (Å²) in [5.41, 5.74) is 5.45. The third-order valence-corrected chi connectivity index (χ3v) is 3.95. The van der Waals surface area contributed by atoms with Gasteiger partial charge in [0.1, 0.15) is 6.04 Å². The van der Waals surface area contributed by atoms with Gasteiger partial charge in [0.25, 0.3) is 0 Å². The molecule has 3 N–H and O–H groups in total. The van der Waals surface area contributed by atoms with Crippen LogP contribution in [0.3, 0.4) is 0 Å². The zero-order chi connectivity index (χ0) is 13.9. The van der Waals surface area contributed by atoms with E-state index in [4.69, 9.17) is 5.73 Å². The third kappa shape index (κ3) is 4.58. The van der Waals surface area contributed by atoms with Crippen molar-refractivity contribution in [1.82, 2.24) is 5.32 Å². The Balaban J connectivity index is 2.91. The Morgan fingerprint density at radius 1 is 1.33 bits per heavy atom. The Kier molecular flexibility index (Phi) is 5.18. The zero-order valence-corrected chi connectivity index (χ0v) is 12.1. The maximum absolute atomic E-state index is 12.1. The average molecular weight is 390 g/mol. The van der Waals surface area contributed by atoms with Gasteiger partial charge in [-0.25, -0.2) is 0 Å². The Morgan fingerprint density at radius 3 is 2.39 bits per heavy atom. The van der Waals surface area contributed by atoms with Gasteiger partial charge >= 0.3 is 6.18 Å². The van der Waals surface area contributed by atoms with E-state index in [0.717, 1.165) is 4.47 Å². The molecule has 0 aliphatic rings. The fourth-order valence-corrected chi connectivity index (χ4v) is 1.94. The van der Waals surface area contributed by atoms with Gasteiger partial charge in [-0.15, -0.1) is 0 Å². The van der Waals surface area contributed by atoms with Gasteiger partial charge in [0.05, 0.1) is 6.54 Å². The zero-order valence-electron chi connectivity index (χ0n) is 8.89. The molecule has 1 rings (SSSR count). The second-order valence-corrected chi connectivity index (χ2v) is 5.21. The molecule has 1 atom stereocenters. The predicted octanol–water partition coefficient (Wildman–Crippen LogP) is 2.89. The molecule has 1 unspecified atom stereocenters. The highest BCUT2D eigenvalue weighted by molar-refractivity contribution is 9.13. The summed E-state index contributed by atoms with van der Waals surface area (Å²) in [7, 11) is 0. The molecule has 3 nitrogen and oxygen atoms in total. The smallest absolute Gasteiger partial charge is 0.368 e. The minimum Gasteiger partial charge on any atom is -0.368 e. The lowest BCUT2D eigenvalue weighted by Crippen LogP contribution is -2.38. The van der Waals surface area contributed by atoms with Crippen LogP contribution in [0.25, 0.3) is 0 Å². The van der Waals surface area contributed by atoms with E-state index in [1.807, 2.05) is 0 Å². The van der Waals surface area contributed by atoms with E-state index < -0.39 is 24.7 Å². The van der Waals surface area contributed by atoms with E-state index in [-0.39, 0.29) is 0 Å². The maximum atomic E-state index is 12.1. The van der Waals surface area contributed by atoms with Gasteiger partial charge in [-0.1, -0.05) is 6.07 Å². The molecule has 0 fully saturated rings. The van der Waals surface area contributed by atoms with E-state index >= 15 is 0 Å². The van der Waals surface area contributed by atoms with Crippen LogP contribution in [0.5, 0.6) is 0 Å². The lowest BCUT2D eigenvalue weighted by Gasteiger charge is -2.17. The molecule has 0 saturated heterocycles. The Morgan fingerprint density at radius 2 is 1.94 bits per heavy atom. The van der Waals surface area contributed by atoms with E-state index in [0.29, 0.717) is 10.0 Å². The van der Waals surface area contributed by atoms with E-state index in [1.165, 1.54) is 12.1 Å². The average Bonchev–Trinajstić information content (AvgIpc) is 2.21. The number of carbonyl (C=O) groups excluding carboxylic acids is 1. The summed E-state index contributed by atoms with van der Waals surface area (Å²) < 4.78 is 37.7. The molecule has 0 aliphatic heterocycles. The molecule has 1 aromatic carbocycles.